The number of likely N-dealkylation sites (N-methyl/N-ethyl adjacent to an activating group) is 1. The van der Waals surface area contributed by atoms with Crippen molar-refractivity contribution < 1.29 is 9.90 Å². The second-order valence-electron chi connectivity index (χ2n) is 4.64. The predicted octanol–water partition coefficient (Wildman–Crippen LogP) is 2.67. The maximum absolute atomic E-state index is 10.6. The lowest BCUT2D eigenvalue weighted by molar-refractivity contribution is -0.136. The van der Waals surface area contributed by atoms with E-state index in [1.807, 2.05) is 24.3 Å². The number of rotatable bonds is 8. The number of carbonyl (C=O) groups is 1. The third-order valence-corrected chi connectivity index (χ3v) is 3.73. The van der Waals surface area contributed by atoms with Gasteiger partial charge in [-0.3, -0.25) is 4.79 Å². The van der Waals surface area contributed by atoms with Gasteiger partial charge >= 0.3 is 5.97 Å². The number of nitrogens with one attached hydrogen (secondary N) is 2. The van der Waals surface area contributed by atoms with Gasteiger partial charge in [-0.15, -0.1) is 11.3 Å². The Balaban J connectivity index is 1.90. The molecule has 2 rings (SSSR count). The zero-order valence-corrected chi connectivity index (χ0v) is 12.7. The fraction of sp³-hybridized carbons (Fsp3) is 0.333. The third kappa shape index (κ3) is 5.17. The van der Waals surface area contributed by atoms with Crippen molar-refractivity contribution in [3.63, 3.8) is 0 Å². The number of anilines is 2. The molecule has 6 heteroatoms. The zero-order chi connectivity index (χ0) is 15.1. The summed E-state index contributed by atoms with van der Waals surface area (Å²) in [6, 6.07) is 7.38. The van der Waals surface area contributed by atoms with E-state index in [4.69, 9.17) is 5.11 Å². The molecule has 0 saturated carbocycles. The van der Waals surface area contributed by atoms with E-state index in [-0.39, 0.29) is 6.42 Å². The van der Waals surface area contributed by atoms with E-state index in [1.165, 1.54) is 0 Å². The lowest BCUT2D eigenvalue weighted by Crippen LogP contribution is -2.16. The lowest BCUT2D eigenvalue weighted by atomic mass is 10.1. The molecule has 0 fully saturated rings. The van der Waals surface area contributed by atoms with E-state index in [0.29, 0.717) is 0 Å². The minimum Gasteiger partial charge on any atom is -0.481 e. The van der Waals surface area contributed by atoms with E-state index in [2.05, 4.69) is 27.9 Å². The van der Waals surface area contributed by atoms with Gasteiger partial charge in [0.25, 0.3) is 0 Å². The number of nitrogens with zero attached hydrogens (tertiary/aromatic N) is 1. The highest BCUT2D eigenvalue weighted by Crippen LogP contribution is 2.21. The summed E-state index contributed by atoms with van der Waals surface area (Å²) in [5, 5.41) is 18.2. The molecule has 2 aromatic rings. The molecule has 0 spiro atoms. The smallest absolute Gasteiger partial charge is 0.307 e. The van der Waals surface area contributed by atoms with E-state index in [0.717, 1.165) is 41.6 Å². The zero-order valence-electron chi connectivity index (χ0n) is 11.9. The summed E-state index contributed by atoms with van der Waals surface area (Å²) in [6.45, 7) is 3.99. The van der Waals surface area contributed by atoms with E-state index in [1.54, 1.807) is 11.3 Å². The number of carboxylic acid groups (broad SMARTS) is 1. The lowest BCUT2D eigenvalue weighted by Gasteiger charge is -2.03. The van der Waals surface area contributed by atoms with Crippen LogP contribution in [0.15, 0.2) is 29.6 Å². The molecule has 5 nitrogen and oxygen atoms in total. The average molecular weight is 305 g/mol. The molecular weight excluding hydrogens is 286 g/mol. The number of aliphatic carboxylic acids is 1. The van der Waals surface area contributed by atoms with Gasteiger partial charge in [0.2, 0.25) is 0 Å². The highest BCUT2D eigenvalue weighted by molar-refractivity contribution is 7.13. The van der Waals surface area contributed by atoms with Crippen molar-refractivity contribution in [3.05, 3.63) is 40.9 Å². The summed E-state index contributed by atoms with van der Waals surface area (Å²) >= 11 is 1.57. The van der Waals surface area contributed by atoms with Crippen LogP contribution in [-0.2, 0) is 17.6 Å². The Morgan fingerprint density at radius 1 is 1.33 bits per heavy atom. The van der Waals surface area contributed by atoms with Crippen LogP contribution in [-0.4, -0.2) is 29.1 Å². The second kappa shape index (κ2) is 7.75. The van der Waals surface area contributed by atoms with Gasteiger partial charge in [-0.2, -0.15) is 0 Å². The van der Waals surface area contributed by atoms with Crippen LogP contribution in [0.3, 0.4) is 0 Å². The first-order valence-corrected chi connectivity index (χ1v) is 7.78. The molecule has 1 heterocycles. The summed E-state index contributed by atoms with van der Waals surface area (Å²) in [5.41, 5.74) is 2.78. The molecule has 21 heavy (non-hydrogen) atoms. The molecule has 3 N–H and O–H groups in total. The van der Waals surface area contributed by atoms with Gasteiger partial charge in [0.1, 0.15) is 0 Å². The van der Waals surface area contributed by atoms with Gasteiger partial charge in [0, 0.05) is 24.0 Å². The fourth-order valence-electron chi connectivity index (χ4n) is 1.88. The standard InChI is InChI=1S/C15H19N3O2S/c1-2-16-8-7-13-10-21-15(18-13)17-12-5-3-11(4-6-12)9-14(19)20/h3-6,10,16H,2,7-9H2,1H3,(H,17,18)(H,19,20). The minimum absolute atomic E-state index is 0.0477. The Bertz CT molecular complexity index is 581. The second-order valence-corrected chi connectivity index (χ2v) is 5.50. The summed E-state index contributed by atoms with van der Waals surface area (Å²) in [4.78, 5) is 15.1. The number of carboxylic acids is 1. The predicted molar refractivity (Wildman–Crippen MR) is 85.4 cm³/mol. The number of benzene rings is 1. The average Bonchev–Trinajstić information content (AvgIpc) is 2.88. The first-order valence-electron chi connectivity index (χ1n) is 6.90. The van der Waals surface area contributed by atoms with Crippen LogP contribution in [0.5, 0.6) is 0 Å². The van der Waals surface area contributed by atoms with Crippen molar-refractivity contribution in [2.24, 2.45) is 0 Å². The Hall–Kier alpha value is -1.92. The molecule has 0 saturated heterocycles. The Morgan fingerprint density at radius 2 is 2.10 bits per heavy atom. The SMILES string of the molecule is CCNCCc1csc(Nc2ccc(CC(=O)O)cc2)n1. The van der Waals surface area contributed by atoms with Gasteiger partial charge in [-0.05, 0) is 24.2 Å². The molecule has 1 aromatic heterocycles. The molecule has 0 radical (unpaired) electrons. The number of hydrogen-bond donors (Lipinski definition) is 3. The Morgan fingerprint density at radius 3 is 2.76 bits per heavy atom. The van der Waals surface area contributed by atoms with Gasteiger partial charge < -0.3 is 15.7 Å². The Labute approximate surface area is 128 Å². The van der Waals surface area contributed by atoms with Gasteiger partial charge in [-0.25, -0.2) is 4.98 Å². The first kappa shape index (κ1) is 15.5. The molecule has 0 aliphatic rings. The fourth-order valence-corrected chi connectivity index (χ4v) is 2.64. The van der Waals surface area contributed by atoms with Crippen LogP contribution >= 0.6 is 11.3 Å². The van der Waals surface area contributed by atoms with Crippen molar-refractivity contribution in [3.8, 4) is 0 Å². The highest BCUT2D eigenvalue weighted by Gasteiger charge is 2.04. The van der Waals surface area contributed by atoms with Crippen LogP contribution in [0.1, 0.15) is 18.2 Å². The first-order chi connectivity index (χ1) is 10.2. The van der Waals surface area contributed by atoms with Crippen LogP contribution in [0.25, 0.3) is 0 Å². The summed E-state index contributed by atoms with van der Waals surface area (Å²) < 4.78 is 0. The van der Waals surface area contributed by atoms with Crippen LogP contribution in [0.4, 0.5) is 10.8 Å². The largest absolute Gasteiger partial charge is 0.481 e. The van der Waals surface area contributed by atoms with Crippen LogP contribution in [0.2, 0.25) is 0 Å². The summed E-state index contributed by atoms with van der Waals surface area (Å²) in [5.74, 6) is -0.819. The molecule has 0 atom stereocenters. The van der Waals surface area contributed by atoms with Gasteiger partial charge in [-0.1, -0.05) is 19.1 Å². The molecule has 0 aliphatic carbocycles. The molecule has 0 amide bonds. The van der Waals surface area contributed by atoms with E-state index < -0.39 is 5.97 Å². The third-order valence-electron chi connectivity index (χ3n) is 2.92. The number of thiazole rings is 1. The van der Waals surface area contributed by atoms with Crippen molar-refractivity contribution in [2.75, 3.05) is 18.4 Å². The topological polar surface area (TPSA) is 74.2 Å². The maximum atomic E-state index is 10.6. The van der Waals surface area contributed by atoms with Gasteiger partial charge in [0.15, 0.2) is 5.13 Å². The molecule has 0 unspecified atom stereocenters. The van der Waals surface area contributed by atoms with Crippen molar-refractivity contribution in [1.82, 2.24) is 10.3 Å². The van der Waals surface area contributed by atoms with Crippen LogP contribution in [0, 0.1) is 0 Å². The number of hydrogen-bond acceptors (Lipinski definition) is 5. The summed E-state index contributed by atoms with van der Waals surface area (Å²) in [6.07, 6.45) is 0.968. The van der Waals surface area contributed by atoms with Crippen LogP contribution < -0.4 is 10.6 Å². The van der Waals surface area contributed by atoms with Crippen molar-refractivity contribution in [2.45, 2.75) is 19.8 Å². The normalized spacial score (nSPS) is 10.5. The van der Waals surface area contributed by atoms with E-state index >= 15 is 0 Å². The monoisotopic (exact) mass is 305 g/mol. The maximum Gasteiger partial charge on any atom is 0.307 e. The van der Waals surface area contributed by atoms with Crippen molar-refractivity contribution in [1.29, 1.82) is 0 Å². The molecular formula is C15H19N3O2S. The molecule has 112 valence electrons. The number of aromatic nitrogens is 1. The van der Waals surface area contributed by atoms with Gasteiger partial charge in [0.05, 0.1) is 12.1 Å². The van der Waals surface area contributed by atoms with Crippen molar-refractivity contribution >= 4 is 28.1 Å². The molecule has 1 aromatic carbocycles. The van der Waals surface area contributed by atoms with E-state index in [9.17, 15) is 4.79 Å². The Kier molecular flexibility index (Phi) is 5.71. The molecule has 0 aliphatic heterocycles. The summed E-state index contributed by atoms with van der Waals surface area (Å²) in [7, 11) is 0. The quantitative estimate of drug-likeness (QED) is 0.654. The highest BCUT2D eigenvalue weighted by atomic mass is 32.1. The minimum atomic E-state index is -0.819. The molecule has 0 bridgehead atoms.